The van der Waals surface area contributed by atoms with E-state index in [2.05, 4.69) is 52.9 Å². The molecule has 4 aromatic rings. The van der Waals surface area contributed by atoms with E-state index in [0.717, 1.165) is 29.1 Å². The number of aromatic amines is 1. The zero-order valence-electron chi connectivity index (χ0n) is 17.3. The van der Waals surface area contributed by atoms with Gasteiger partial charge in [0.05, 0.1) is 11.0 Å². The second-order valence-electron chi connectivity index (χ2n) is 7.72. The van der Waals surface area contributed by atoms with Gasteiger partial charge in [0, 0.05) is 35.4 Å². The zero-order valence-corrected chi connectivity index (χ0v) is 17.3. The smallest absolute Gasteiger partial charge is 0.230 e. The van der Waals surface area contributed by atoms with Crippen LogP contribution in [0.2, 0.25) is 0 Å². The van der Waals surface area contributed by atoms with Crippen LogP contribution >= 0.6 is 0 Å². The number of hydrogen-bond donors (Lipinski definition) is 1. The lowest BCUT2D eigenvalue weighted by Gasteiger charge is -2.06. The highest BCUT2D eigenvalue weighted by Crippen LogP contribution is 2.24. The fraction of sp³-hybridized carbons (Fsp3) is 0.360. The van der Waals surface area contributed by atoms with E-state index in [-0.39, 0.29) is 0 Å². The normalized spacial score (nSPS) is 11.9. The van der Waals surface area contributed by atoms with Gasteiger partial charge in [-0.25, -0.2) is 9.98 Å². The van der Waals surface area contributed by atoms with Gasteiger partial charge in [-0.2, -0.15) is 0 Å². The Morgan fingerprint density at radius 3 is 2.59 bits per heavy atom. The Morgan fingerprint density at radius 2 is 1.69 bits per heavy atom. The minimum Gasteiger partial charge on any atom is -0.361 e. The first-order valence-corrected chi connectivity index (χ1v) is 10.9. The van der Waals surface area contributed by atoms with Crippen molar-refractivity contribution < 1.29 is 0 Å². The van der Waals surface area contributed by atoms with Gasteiger partial charge in [-0.3, -0.25) is 0 Å². The molecule has 0 aliphatic rings. The van der Waals surface area contributed by atoms with Crippen LogP contribution in [0.3, 0.4) is 0 Å². The third-order valence-corrected chi connectivity index (χ3v) is 5.56. The number of para-hydroxylation sites is 3. The molecule has 2 aromatic heterocycles. The summed E-state index contributed by atoms with van der Waals surface area (Å²) in [7, 11) is 0. The van der Waals surface area contributed by atoms with Crippen molar-refractivity contribution in [3.05, 3.63) is 60.3 Å². The Kier molecular flexibility index (Phi) is 6.40. The van der Waals surface area contributed by atoms with Crippen LogP contribution in [0.1, 0.15) is 57.4 Å². The largest absolute Gasteiger partial charge is 0.361 e. The van der Waals surface area contributed by atoms with Crippen molar-refractivity contribution in [3.63, 3.8) is 0 Å². The van der Waals surface area contributed by atoms with Gasteiger partial charge in [0.1, 0.15) is 0 Å². The number of aromatic nitrogens is 3. The van der Waals surface area contributed by atoms with E-state index < -0.39 is 0 Å². The molecular formula is C25H30N4. The van der Waals surface area contributed by atoms with Crippen molar-refractivity contribution in [1.29, 1.82) is 0 Å². The number of unbranched alkanes of at least 4 members (excludes halogenated alkanes) is 6. The summed E-state index contributed by atoms with van der Waals surface area (Å²) in [6.45, 7) is 3.23. The lowest BCUT2D eigenvalue weighted by molar-refractivity contribution is 0.556. The molecule has 4 nitrogen and oxygen atoms in total. The number of nitrogens with one attached hydrogen (secondary N) is 1. The SMILES string of the molecule is CCCCCCCCCn1c(/N=C/c2c[nH]c3ccccc23)nc2ccccc21. The molecule has 4 rings (SSSR count). The summed E-state index contributed by atoms with van der Waals surface area (Å²) in [5, 5.41) is 1.19. The van der Waals surface area contributed by atoms with Crippen LogP contribution in [0, 0.1) is 0 Å². The minimum absolute atomic E-state index is 0.794. The van der Waals surface area contributed by atoms with E-state index in [4.69, 9.17) is 9.98 Å². The highest BCUT2D eigenvalue weighted by atomic mass is 15.2. The Hall–Kier alpha value is -2.88. The molecule has 0 unspecified atom stereocenters. The average Bonchev–Trinajstić information content (AvgIpc) is 3.33. The number of imidazole rings is 1. The number of H-pyrrole nitrogens is 1. The van der Waals surface area contributed by atoms with Crippen molar-refractivity contribution >= 4 is 34.1 Å². The maximum absolute atomic E-state index is 4.79. The van der Waals surface area contributed by atoms with Gasteiger partial charge in [-0.15, -0.1) is 0 Å². The van der Waals surface area contributed by atoms with E-state index in [1.165, 1.54) is 55.8 Å². The second-order valence-corrected chi connectivity index (χ2v) is 7.72. The molecule has 1 N–H and O–H groups in total. The molecule has 2 aromatic carbocycles. The summed E-state index contributed by atoms with van der Waals surface area (Å²) in [4.78, 5) is 12.9. The molecule has 0 aliphatic carbocycles. The first-order valence-electron chi connectivity index (χ1n) is 10.9. The van der Waals surface area contributed by atoms with Crippen molar-refractivity contribution in [3.8, 4) is 0 Å². The van der Waals surface area contributed by atoms with Crippen LogP contribution in [-0.2, 0) is 6.54 Å². The van der Waals surface area contributed by atoms with Gasteiger partial charge in [0.25, 0.3) is 0 Å². The average molecular weight is 387 g/mol. The Morgan fingerprint density at radius 1 is 0.931 bits per heavy atom. The van der Waals surface area contributed by atoms with E-state index in [0.29, 0.717) is 0 Å². The standard InChI is InChI=1S/C25H30N4/c1-2-3-4-5-6-7-12-17-29-24-16-11-10-15-23(24)28-25(29)27-19-20-18-26-22-14-9-8-13-21(20)22/h8-11,13-16,18-19,26H,2-7,12,17H2,1H3/b27-19+. The third-order valence-electron chi connectivity index (χ3n) is 5.56. The van der Waals surface area contributed by atoms with Crippen LogP contribution in [-0.4, -0.2) is 20.7 Å². The van der Waals surface area contributed by atoms with E-state index >= 15 is 0 Å². The summed E-state index contributed by atoms with van der Waals surface area (Å²) >= 11 is 0. The molecular weight excluding hydrogens is 356 g/mol. The minimum atomic E-state index is 0.794. The molecule has 2 heterocycles. The Labute approximate surface area is 172 Å². The number of benzene rings is 2. The summed E-state index contributed by atoms with van der Waals surface area (Å²) in [6.07, 6.45) is 13.1. The molecule has 150 valence electrons. The number of fused-ring (bicyclic) bond motifs is 2. The molecule has 0 spiro atoms. The van der Waals surface area contributed by atoms with Crippen molar-refractivity contribution in [2.24, 2.45) is 4.99 Å². The highest BCUT2D eigenvalue weighted by molar-refractivity contribution is 5.99. The van der Waals surface area contributed by atoms with Crippen LogP contribution < -0.4 is 0 Å². The molecule has 4 heteroatoms. The quantitative estimate of drug-likeness (QED) is 0.231. The molecule has 0 atom stereocenters. The van der Waals surface area contributed by atoms with Crippen molar-refractivity contribution in [2.75, 3.05) is 0 Å². The highest BCUT2D eigenvalue weighted by Gasteiger charge is 2.09. The number of aliphatic imine (C=N–C) groups is 1. The Balaban J connectivity index is 1.50. The van der Waals surface area contributed by atoms with Crippen LogP contribution in [0.4, 0.5) is 5.95 Å². The maximum Gasteiger partial charge on any atom is 0.230 e. The molecule has 29 heavy (non-hydrogen) atoms. The second kappa shape index (κ2) is 9.55. The summed E-state index contributed by atoms with van der Waals surface area (Å²) in [5.41, 5.74) is 4.41. The first kappa shape index (κ1) is 19.4. The molecule has 0 amide bonds. The van der Waals surface area contributed by atoms with E-state index in [9.17, 15) is 0 Å². The topological polar surface area (TPSA) is 46.0 Å². The molecule has 0 fully saturated rings. The first-order chi connectivity index (χ1) is 14.4. The van der Waals surface area contributed by atoms with Crippen molar-refractivity contribution in [2.45, 2.75) is 58.4 Å². The molecule has 0 radical (unpaired) electrons. The number of hydrogen-bond acceptors (Lipinski definition) is 2. The number of nitrogens with zero attached hydrogens (tertiary/aromatic N) is 3. The Bertz CT molecular complexity index is 1090. The molecule has 0 bridgehead atoms. The number of aryl methyl sites for hydroxylation is 1. The van der Waals surface area contributed by atoms with Gasteiger partial charge in [-0.05, 0) is 24.6 Å². The van der Waals surface area contributed by atoms with Crippen LogP contribution in [0.15, 0.2) is 59.7 Å². The van der Waals surface area contributed by atoms with E-state index in [1.54, 1.807) is 0 Å². The fourth-order valence-corrected chi connectivity index (χ4v) is 3.94. The van der Waals surface area contributed by atoms with Gasteiger partial charge >= 0.3 is 0 Å². The summed E-state index contributed by atoms with van der Waals surface area (Å²) < 4.78 is 2.27. The van der Waals surface area contributed by atoms with Gasteiger partial charge in [0.15, 0.2) is 0 Å². The number of rotatable bonds is 10. The van der Waals surface area contributed by atoms with Gasteiger partial charge in [0.2, 0.25) is 5.95 Å². The molecule has 0 saturated carbocycles. The van der Waals surface area contributed by atoms with E-state index in [1.807, 2.05) is 24.5 Å². The predicted molar refractivity (Wildman–Crippen MR) is 123 cm³/mol. The fourth-order valence-electron chi connectivity index (χ4n) is 3.94. The van der Waals surface area contributed by atoms with Gasteiger partial charge < -0.3 is 9.55 Å². The summed E-state index contributed by atoms with van der Waals surface area (Å²) in [5.74, 6) is 0.794. The lowest BCUT2D eigenvalue weighted by Crippen LogP contribution is -1.98. The zero-order chi connectivity index (χ0) is 19.9. The summed E-state index contributed by atoms with van der Waals surface area (Å²) in [6, 6.07) is 16.6. The monoisotopic (exact) mass is 386 g/mol. The molecule has 0 saturated heterocycles. The third kappa shape index (κ3) is 4.58. The lowest BCUT2D eigenvalue weighted by atomic mass is 10.1. The molecule has 0 aliphatic heterocycles. The van der Waals surface area contributed by atoms with Crippen LogP contribution in [0.5, 0.6) is 0 Å². The predicted octanol–water partition coefficient (Wildman–Crippen LogP) is 7.02. The van der Waals surface area contributed by atoms with Crippen molar-refractivity contribution in [1.82, 2.24) is 14.5 Å². The van der Waals surface area contributed by atoms with Crippen LogP contribution in [0.25, 0.3) is 21.9 Å². The van der Waals surface area contributed by atoms with Gasteiger partial charge in [-0.1, -0.05) is 75.8 Å². The maximum atomic E-state index is 4.79.